The number of esters is 2. The van der Waals surface area contributed by atoms with Gasteiger partial charge in [-0.15, -0.1) is 0 Å². The minimum absolute atomic E-state index is 0.217. The first-order valence-corrected chi connectivity index (χ1v) is 8.28. The van der Waals surface area contributed by atoms with Crippen molar-refractivity contribution in [2.24, 2.45) is 0 Å². The standard InChI is InChI=1S/C19H24O6/c1-5-22-18(21)14-9-10-23-17-13(11-14)7-6-8-15(17)24-12-16(20)25-19(2,3)4/h6-8,11H,5,9-10,12H2,1-4H3. The number of fused-ring (bicyclic) bond motifs is 1. The van der Waals surface area contributed by atoms with Crippen molar-refractivity contribution in [1.29, 1.82) is 0 Å². The van der Waals surface area contributed by atoms with Crippen LogP contribution in [0.2, 0.25) is 0 Å². The lowest BCUT2D eigenvalue weighted by atomic mass is 10.1. The van der Waals surface area contributed by atoms with Gasteiger partial charge in [-0.25, -0.2) is 9.59 Å². The van der Waals surface area contributed by atoms with Gasteiger partial charge in [-0.05, 0) is 39.8 Å². The van der Waals surface area contributed by atoms with Gasteiger partial charge in [-0.3, -0.25) is 0 Å². The molecule has 0 bridgehead atoms. The maximum absolute atomic E-state index is 12.0. The first-order chi connectivity index (χ1) is 11.8. The van der Waals surface area contributed by atoms with E-state index in [0.29, 0.717) is 42.3 Å². The van der Waals surface area contributed by atoms with Crippen LogP contribution in [-0.4, -0.2) is 37.4 Å². The van der Waals surface area contributed by atoms with Gasteiger partial charge < -0.3 is 18.9 Å². The number of hydrogen-bond acceptors (Lipinski definition) is 6. The van der Waals surface area contributed by atoms with Crippen LogP contribution >= 0.6 is 0 Å². The van der Waals surface area contributed by atoms with Crippen LogP contribution in [0, 0.1) is 0 Å². The highest BCUT2D eigenvalue weighted by Gasteiger charge is 2.21. The second-order valence-corrected chi connectivity index (χ2v) is 6.54. The average Bonchev–Trinajstić information content (AvgIpc) is 2.74. The molecule has 25 heavy (non-hydrogen) atoms. The average molecular weight is 348 g/mol. The Labute approximate surface area is 147 Å². The number of para-hydroxylation sites is 1. The van der Waals surface area contributed by atoms with E-state index in [2.05, 4.69) is 0 Å². The SMILES string of the molecule is CCOC(=O)C1=Cc2cccc(OCC(=O)OC(C)(C)C)c2OCC1. The van der Waals surface area contributed by atoms with E-state index in [-0.39, 0.29) is 12.6 Å². The molecule has 0 N–H and O–H groups in total. The molecule has 0 aliphatic carbocycles. The molecule has 0 spiro atoms. The molecule has 2 rings (SSSR count). The van der Waals surface area contributed by atoms with Gasteiger partial charge in [-0.2, -0.15) is 0 Å². The summed E-state index contributed by atoms with van der Waals surface area (Å²) in [4.78, 5) is 23.8. The molecule has 6 heteroatoms. The largest absolute Gasteiger partial charge is 0.489 e. The number of ether oxygens (including phenoxy) is 4. The van der Waals surface area contributed by atoms with Crippen LogP contribution in [0.4, 0.5) is 0 Å². The molecule has 0 saturated carbocycles. The van der Waals surface area contributed by atoms with Crippen molar-refractivity contribution in [2.45, 2.75) is 39.7 Å². The fourth-order valence-electron chi connectivity index (χ4n) is 2.33. The summed E-state index contributed by atoms with van der Waals surface area (Å²) < 4.78 is 21.6. The molecular weight excluding hydrogens is 324 g/mol. The number of hydrogen-bond donors (Lipinski definition) is 0. The zero-order chi connectivity index (χ0) is 18.4. The van der Waals surface area contributed by atoms with Gasteiger partial charge in [0.05, 0.1) is 13.2 Å². The van der Waals surface area contributed by atoms with Gasteiger partial charge in [0.25, 0.3) is 0 Å². The van der Waals surface area contributed by atoms with E-state index in [9.17, 15) is 9.59 Å². The Hall–Kier alpha value is -2.50. The Morgan fingerprint density at radius 3 is 2.68 bits per heavy atom. The Bertz CT molecular complexity index is 669. The second kappa shape index (κ2) is 8.05. The number of rotatable bonds is 5. The Morgan fingerprint density at radius 1 is 1.24 bits per heavy atom. The molecule has 0 aromatic heterocycles. The van der Waals surface area contributed by atoms with Crippen LogP contribution in [0.5, 0.6) is 11.5 Å². The van der Waals surface area contributed by atoms with Gasteiger partial charge in [0.1, 0.15) is 5.60 Å². The van der Waals surface area contributed by atoms with Crippen molar-refractivity contribution in [3.8, 4) is 11.5 Å². The highest BCUT2D eigenvalue weighted by molar-refractivity contribution is 5.94. The Balaban J connectivity index is 2.15. The predicted octanol–water partition coefficient (Wildman–Crippen LogP) is 3.14. The van der Waals surface area contributed by atoms with E-state index in [1.807, 2.05) is 6.07 Å². The highest BCUT2D eigenvalue weighted by Crippen LogP contribution is 2.35. The Kier molecular flexibility index (Phi) is 6.07. The van der Waals surface area contributed by atoms with Crippen molar-refractivity contribution in [3.63, 3.8) is 0 Å². The summed E-state index contributed by atoms with van der Waals surface area (Å²) in [7, 11) is 0. The number of benzene rings is 1. The number of carbonyl (C=O) groups excluding carboxylic acids is 2. The molecule has 136 valence electrons. The quantitative estimate of drug-likeness (QED) is 0.761. The Morgan fingerprint density at radius 2 is 2.00 bits per heavy atom. The molecule has 6 nitrogen and oxygen atoms in total. The summed E-state index contributed by atoms with van der Waals surface area (Å²) in [6.07, 6.45) is 2.18. The topological polar surface area (TPSA) is 71.1 Å². The monoisotopic (exact) mass is 348 g/mol. The van der Waals surface area contributed by atoms with Crippen molar-refractivity contribution < 1.29 is 28.5 Å². The molecule has 1 heterocycles. The highest BCUT2D eigenvalue weighted by atomic mass is 16.6. The van der Waals surface area contributed by atoms with Gasteiger partial charge >= 0.3 is 11.9 Å². The van der Waals surface area contributed by atoms with Crippen LogP contribution < -0.4 is 9.47 Å². The third-order valence-corrected chi connectivity index (χ3v) is 3.26. The van der Waals surface area contributed by atoms with Gasteiger partial charge in [0, 0.05) is 17.6 Å². The number of carbonyl (C=O) groups is 2. The zero-order valence-corrected chi connectivity index (χ0v) is 15.1. The van der Waals surface area contributed by atoms with Crippen LogP contribution in [-0.2, 0) is 19.1 Å². The van der Waals surface area contributed by atoms with E-state index in [1.165, 1.54) is 0 Å². The van der Waals surface area contributed by atoms with E-state index >= 15 is 0 Å². The summed E-state index contributed by atoms with van der Waals surface area (Å²) in [6.45, 7) is 7.58. The summed E-state index contributed by atoms with van der Waals surface area (Å²) in [6, 6.07) is 5.31. The van der Waals surface area contributed by atoms with Gasteiger partial charge in [-0.1, -0.05) is 12.1 Å². The summed E-state index contributed by atoms with van der Waals surface area (Å²) >= 11 is 0. The lowest BCUT2D eigenvalue weighted by molar-refractivity contribution is -0.157. The first kappa shape index (κ1) is 18.8. The molecule has 0 unspecified atom stereocenters. The van der Waals surface area contributed by atoms with Crippen LogP contribution in [0.3, 0.4) is 0 Å². The van der Waals surface area contributed by atoms with Crippen molar-refractivity contribution in [1.82, 2.24) is 0 Å². The van der Waals surface area contributed by atoms with Crippen LogP contribution in [0.25, 0.3) is 6.08 Å². The summed E-state index contributed by atoms with van der Waals surface area (Å²) in [5.74, 6) is 0.135. The molecule has 1 aliphatic rings. The molecule has 1 aromatic rings. The molecule has 0 radical (unpaired) electrons. The summed E-state index contributed by atoms with van der Waals surface area (Å²) in [5.41, 5.74) is 0.689. The zero-order valence-electron chi connectivity index (χ0n) is 15.1. The first-order valence-electron chi connectivity index (χ1n) is 8.28. The minimum atomic E-state index is -0.568. The second-order valence-electron chi connectivity index (χ2n) is 6.54. The van der Waals surface area contributed by atoms with Crippen LogP contribution in [0.15, 0.2) is 23.8 Å². The molecular formula is C19H24O6. The van der Waals surface area contributed by atoms with Gasteiger partial charge in [0.2, 0.25) is 0 Å². The van der Waals surface area contributed by atoms with E-state index in [0.717, 1.165) is 0 Å². The predicted molar refractivity (Wildman–Crippen MR) is 92.5 cm³/mol. The minimum Gasteiger partial charge on any atom is -0.489 e. The molecule has 0 atom stereocenters. The summed E-state index contributed by atoms with van der Waals surface area (Å²) in [5, 5.41) is 0. The lowest BCUT2D eigenvalue weighted by Gasteiger charge is -2.20. The molecule has 1 aliphatic heterocycles. The maximum atomic E-state index is 12.0. The molecule has 1 aromatic carbocycles. The van der Waals surface area contributed by atoms with E-state index in [4.69, 9.17) is 18.9 Å². The smallest absolute Gasteiger partial charge is 0.344 e. The molecule has 0 amide bonds. The lowest BCUT2D eigenvalue weighted by Crippen LogP contribution is -2.27. The van der Waals surface area contributed by atoms with Crippen molar-refractivity contribution >= 4 is 18.0 Å². The molecule has 0 fully saturated rings. The fraction of sp³-hybridized carbons (Fsp3) is 0.474. The van der Waals surface area contributed by atoms with Gasteiger partial charge in [0.15, 0.2) is 18.1 Å². The van der Waals surface area contributed by atoms with Crippen LogP contribution in [0.1, 0.15) is 39.7 Å². The third-order valence-electron chi connectivity index (χ3n) is 3.26. The third kappa shape index (κ3) is 5.52. The van der Waals surface area contributed by atoms with Crippen molar-refractivity contribution in [3.05, 3.63) is 29.3 Å². The fourth-order valence-corrected chi connectivity index (χ4v) is 2.33. The maximum Gasteiger partial charge on any atom is 0.344 e. The van der Waals surface area contributed by atoms with E-state index in [1.54, 1.807) is 45.9 Å². The van der Waals surface area contributed by atoms with E-state index < -0.39 is 11.6 Å². The normalized spacial score (nSPS) is 13.7. The molecule has 0 saturated heterocycles. The van der Waals surface area contributed by atoms with Crippen molar-refractivity contribution in [2.75, 3.05) is 19.8 Å².